The van der Waals surface area contributed by atoms with E-state index >= 15 is 0 Å². The lowest BCUT2D eigenvalue weighted by molar-refractivity contribution is -0.129. The lowest BCUT2D eigenvalue weighted by atomic mass is 10.1. The number of amides is 1. The molecule has 1 aliphatic heterocycles. The van der Waals surface area contributed by atoms with Crippen LogP contribution in [0.2, 0.25) is 5.02 Å². The molecule has 0 spiro atoms. The molecule has 2 aromatic rings. The van der Waals surface area contributed by atoms with Crippen LogP contribution in [-0.2, 0) is 16.0 Å². The summed E-state index contributed by atoms with van der Waals surface area (Å²) in [5.41, 5.74) is 2.21. The normalized spacial score (nSPS) is 18.6. The van der Waals surface area contributed by atoms with Crippen LogP contribution in [0, 0.1) is 0 Å². The molecule has 1 amide bonds. The number of aromatic amines is 1. The molecular formula is C15H17ClN2O2. The molecule has 2 heterocycles. The number of hydrogen-bond acceptors (Lipinski definition) is 2. The van der Waals surface area contributed by atoms with Crippen molar-refractivity contribution in [2.24, 2.45) is 0 Å². The van der Waals surface area contributed by atoms with E-state index in [0.717, 1.165) is 35.2 Å². The SMILES string of the molecule is O=C(NCCc1c[nH]c2cc(Cl)ccc12)C1CCCO1. The lowest BCUT2D eigenvalue weighted by Gasteiger charge is -2.09. The second kappa shape index (κ2) is 5.85. The van der Waals surface area contributed by atoms with Crippen molar-refractivity contribution >= 4 is 28.4 Å². The van der Waals surface area contributed by atoms with Crippen molar-refractivity contribution in [1.29, 1.82) is 0 Å². The number of fused-ring (bicyclic) bond motifs is 1. The molecule has 4 nitrogen and oxygen atoms in total. The van der Waals surface area contributed by atoms with E-state index in [9.17, 15) is 4.79 Å². The summed E-state index contributed by atoms with van der Waals surface area (Å²) in [5.74, 6) is 0.00499. The van der Waals surface area contributed by atoms with Gasteiger partial charge in [-0.25, -0.2) is 0 Å². The molecule has 2 N–H and O–H groups in total. The van der Waals surface area contributed by atoms with Crippen LogP contribution in [-0.4, -0.2) is 30.1 Å². The van der Waals surface area contributed by atoms with Crippen LogP contribution in [0.4, 0.5) is 0 Å². The number of hydrogen-bond donors (Lipinski definition) is 2. The molecule has 1 unspecified atom stereocenters. The maximum atomic E-state index is 11.8. The Morgan fingerprint density at radius 2 is 2.40 bits per heavy atom. The highest BCUT2D eigenvalue weighted by Gasteiger charge is 2.22. The first-order chi connectivity index (χ1) is 9.74. The van der Waals surface area contributed by atoms with Crippen molar-refractivity contribution in [3.8, 4) is 0 Å². The second-order valence-electron chi connectivity index (χ2n) is 5.05. The molecule has 5 heteroatoms. The van der Waals surface area contributed by atoms with Crippen molar-refractivity contribution in [2.75, 3.05) is 13.2 Å². The largest absolute Gasteiger partial charge is 0.368 e. The van der Waals surface area contributed by atoms with E-state index in [1.807, 2.05) is 24.4 Å². The molecule has 1 aromatic heterocycles. The molecule has 1 aliphatic rings. The molecule has 20 heavy (non-hydrogen) atoms. The third kappa shape index (κ3) is 2.81. The first-order valence-electron chi connectivity index (χ1n) is 6.89. The predicted molar refractivity (Wildman–Crippen MR) is 79.0 cm³/mol. The summed E-state index contributed by atoms with van der Waals surface area (Å²) in [4.78, 5) is 15.0. The van der Waals surface area contributed by atoms with Gasteiger partial charge in [0.2, 0.25) is 5.91 Å². The van der Waals surface area contributed by atoms with E-state index in [4.69, 9.17) is 16.3 Å². The van der Waals surface area contributed by atoms with Gasteiger partial charge in [-0.15, -0.1) is 0 Å². The third-order valence-corrected chi connectivity index (χ3v) is 3.88. The maximum Gasteiger partial charge on any atom is 0.249 e. The fourth-order valence-corrected chi connectivity index (χ4v) is 2.76. The molecule has 106 valence electrons. The topological polar surface area (TPSA) is 54.1 Å². The summed E-state index contributed by atoms with van der Waals surface area (Å²) in [5, 5.41) is 4.81. The zero-order valence-electron chi connectivity index (χ0n) is 11.1. The summed E-state index contributed by atoms with van der Waals surface area (Å²) in [6.45, 7) is 1.32. The summed E-state index contributed by atoms with van der Waals surface area (Å²) < 4.78 is 5.35. The Morgan fingerprint density at radius 1 is 1.50 bits per heavy atom. The van der Waals surface area contributed by atoms with Crippen LogP contribution in [0.1, 0.15) is 18.4 Å². The van der Waals surface area contributed by atoms with Crippen molar-refractivity contribution in [3.63, 3.8) is 0 Å². The number of ether oxygens (including phenoxy) is 1. The second-order valence-corrected chi connectivity index (χ2v) is 5.48. The molecule has 0 bridgehead atoms. The highest BCUT2D eigenvalue weighted by atomic mass is 35.5. The zero-order chi connectivity index (χ0) is 13.9. The van der Waals surface area contributed by atoms with E-state index in [-0.39, 0.29) is 12.0 Å². The fraction of sp³-hybridized carbons (Fsp3) is 0.400. The van der Waals surface area contributed by atoms with Crippen molar-refractivity contribution in [1.82, 2.24) is 10.3 Å². The molecular weight excluding hydrogens is 276 g/mol. The molecule has 1 fully saturated rings. The van der Waals surface area contributed by atoms with Crippen LogP contribution in [0.15, 0.2) is 24.4 Å². The van der Waals surface area contributed by atoms with Crippen LogP contribution in [0.3, 0.4) is 0 Å². The summed E-state index contributed by atoms with van der Waals surface area (Å²) in [6, 6.07) is 5.79. The minimum Gasteiger partial charge on any atom is -0.368 e. The van der Waals surface area contributed by atoms with Gasteiger partial charge in [0.1, 0.15) is 6.10 Å². The monoisotopic (exact) mass is 292 g/mol. The highest BCUT2D eigenvalue weighted by Crippen LogP contribution is 2.22. The number of H-pyrrole nitrogens is 1. The predicted octanol–water partition coefficient (Wildman–Crippen LogP) is 2.66. The van der Waals surface area contributed by atoms with Crippen molar-refractivity contribution < 1.29 is 9.53 Å². The summed E-state index contributed by atoms with van der Waals surface area (Å²) >= 11 is 5.96. The number of aromatic nitrogens is 1. The average Bonchev–Trinajstić information content (AvgIpc) is 3.08. The Hall–Kier alpha value is -1.52. The van der Waals surface area contributed by atoms with E-state index in [0.29, 0.717) is 13.2 Å². The van der Waals surface area contributed by atoms with E-state index < -0.39 is 0 Å². The molecule has 1 atom stereocenters. The van der Waals surface area contributed by atoms with E-state index in [2.05, 4.69) is 10.3 Å². The average molecular weight is 293 g/mol. The number of carbonyl (C=O) groups is 1. The minimum atomic E-state index is -0.253. The van der Waals surface area contributed by atoms with Gasteiger partial charge < -0.3 is 15.0 Å². The van der Waals surface area contributed by atoms with E-state index in [1.54, 1.807) is 0 Å². The quantitative estimate of drug-likeness (QED) is 0.910. The number of benzene rings is 1. The Balaban J connectivity index is 1.58. The summed E-state index contributed by atoms with van der Waals surface area (Å²) in [7, 11) is 0. The minimum absolute atomic E-state index is 0.00499. The van der Waals surface area contributed by atoms with Gasteiger partial charge in [0.15, 0.2) is 0 Å². The Kier molecular flexibility index (Phi) is 3.94. The maximum absolute atomic E-state index is 11.8. The highest BCUT2D eigenvalue weighted by molar-refractivity contribution is 6.31. The van der Waals surface area contributed by atoms with Gasteiger partial charge in [-0.2, -0.15) is 0 Å². The van der Waals surface area contributed by atoms with Crippen LogP contribution < -0.4 is 5.32 Å². The molecule has 0 radical (unpaired) electrons. The van der Waals surface area contributed by atoms with Gasteiger partial charge in [0.05, 0.1) is 0 Å². The molecule has 0 aliphatic carbocycles. The Bertz CT molecular complexity index is 617. The molecule has 0 saturated carbocycles. The van der Waals surface area contributed by atoms with Crippen LogP contribution in [0.25, 0.3) is 10.9 Å². The van der Waals surface area contributed by atoms with Gasteiger partial charge in [0, 0.05) is 35.3 Å². The summed E-state index contributed by atoms with van der Waals surface area (Å²) in [6.07, 6.45) is 4.31. The third-order valence-electron chi connectivity index (χ3n) is 3.65. The van der Waals surface area contributed by atoms with Crippen molar-refractivity contribution in [2.45, 2.75) is 25.4 Å². The van der Waals surface area contributed by atoms with Crippen molar-refractivity contribution in [3.05, 3.63) is 35.0 Å². The molecule has 3 rings (SSSR count). The van der Waals surface area contributed by atoms with Gasteiger partial charge >= 0.3 is 0 Å². The number of carbonyl (C=O) groups excluding carboxylic acids is 1. The van der Waals surface area contributed by atoms with Gasteiger partial charge in [0.25, 0.3) is 0 Å². The number of nitrogens with one attached hydrogen (secondary N) is 2. The molecule has 1 saturated heterocycles. The van der Waals surface area contributed by atoms with E-state index in [1.165, 1.54) is 5.56 Å². The number of halogens is 1. The zero-order valence-corrected chi connectivity index (χ0v) is 11.9. The first kappa shape index (κ1) is 13.5. The van der Waals surface area contributed by atoms with Gasteiger partial charge in [-0.1, -0.05) is 17.7 Å². The van der Waals surface area contributed by atoms with Crippen LogP contribution >= 0.6 is 11.6 Å². The Labute approximate surface area is 122 Å². The fourth-order valence-electron chi connectivity index (χ4n) is 2.58. The smallest absolute Gasteiger partial charge is 0.249 e. The molecule has 1 aromatic carbocycles. The lowest BCUT2D eigenvalue weighted by Crippen LogP contribution is -2.35. The van der Waals surface area contributed by atoms with Crippen LogP contribution in [0.5, 0.6) is 0 Å². The number of rotatable bonds is 4. The Morgan fingerprint density at radius 3 is 3.20 bits per heavy atom. The van der Waals surface area contributed by atoms with Gasteiger partial charge in [-0.3, -0.25) is 4.79 Å². The first-order valence-corrected chi connectivity index (χ1v) is 7.26. The van der Waals surface area contributed by atoms with Gasteiger partial charge in [-0.05, 0) is 37.0 Å². The standard InChI is InChI=1S/C15H17ClN2O2/c16-11-3-4-12-10(9-18-13(12)8-11)5-6-17-15(19)14-2-1-7-20-14/h3-4,8-9,14,18H,1-2,5-7H2,(H,17,19).